The maximum atomic E-state index is 11.7. The molecular formula is C14H15N5O5S. The van der Waals surface area contributed by atoms with Gasteiger partial charge in [-0.05, 0) is 30.7 Å². The lowest BCUT2D eigenvalue weighted by atomic mass is 10.2. The summed E-state index contributed by atoms with van der Waals surface area (Å²) in [5.74, 6) is -0.244. The molecule has 10 nitrogen and oxygen atoms in total. The first kappa shape index (κ1) is 18.3. The third-order valence-corrected chi connectivity index (χ3v) is 3.66. The van der Waals surface area contributed by atoms with E-state index in [9.17, 15) is 19.5 Å². The fourth-order valence-corrected chi connectivity index (χ4v) is 2.29. The number of nitrogens with zero attached hydrogens (tertiary/aromatic N) is 2. The second-order valence-corrected chi connectivity index (χ2v) is 5.52. The fourth-order valence-electron chi connectivity index (χ4n) is 1.66. The second-order valence-electron chi connectivity index (χ2n) is 4.55. The van der Waals surface area contributed by atoms with Gasteiger partial charge < -0.3 is 9.84 Å². The van der Waals surface area contributed by atoms with Crippen LogP contribution in [0.1, 0.15) is 12.5 Å². The van der Waals surface area contributed by atoms with Gasteiger partial charge in [-0.1, -0.05) is 11.8 Å². The molecule has 1 heterocycles. The number of ether oxygens (including phenoxy) is 1. The summed E-state index contributed by atoms with van der Waals surface area (Å²) in [5, 5.41) is 19.0. The maximum absolute atomic E-state index is 11.7. The average Bonchev–Trinajstić information content (AvgIpc) is 2.57. The Balaban J connectivity index is 1.89. The molecule has 2 aromatic rings. The van der Waals surface area contributed by atoms with Crippen LogP contribution in [0.4, 0.5) is 0 Å². The first-order valence-corrected chi connectivity index (χ1v) is 8.07. The number of hydrogen-bond acceptors (Lipinski definition) is 8. The molecule has 11 heteroatoms. The minimum Gasteiger partial charge on any atom is -0.504 e. The highest BCUT2D eigenvalue weighted by Gasteiger charge is 2.07. The molecule has 1 aromatic heterocycles. The van der Waals surface area contributed by atoms with E-state index in [1.807, 2.05) is 4.98 Å². The number of hydrazone groups is 1. The number of carbonyl (C=O) groups is 1. The molecule has 25 heavy (non-hydrogen) atoms. The van der Waals surface area contributed by atoms with Gasteiger partial charge in [-0.3, -0.25) is 14.6 Å². The number of aromatic nitrogens is 3. The average molecular weight is 365 g/mol. The van der Waals surface area contributed by atoms with Gasteiger partial charge in [-0.2, -0.15) is 10.2 Å². The Labute approximate surface area is 145 Å². The zero-order valence-electron chi connectivity index (χ0n) is 13.1. The van der Waals surface area contributed by atoms with Crippen molar-refractivity contribution in [2.24, 2.45) is 5.10 Å². The van der Waals surface area contributed by atoms with Crippen LogP contribution in [0.25, 0.3) is 0 Å². The first-order chi connectivity index (χ1) is 12.0. The quantitative estimate of drug-likeness (QED) is 0.302. The fraction of sp³-hybridized carbons (Fsp3) is 0.214. The highest BCUT2D eigenvalue weighted by atomic mass is 32.2. The van der Waals surface area contributed by atoms with E-state index in [4.69, 9.17) is 4.74 Å². The minimum absolute atomic E-state index is 0.0121. The molecule has 0 atom stereocenters. The number of rotatable bonds is 7. The number of aromatic hydroxyl groups is 1. The molecule has 0 aliphatic rings. The van der Waals surface area contributed by atoms with Crippen LogP contribution in [-0.2, 0) is 4.79 Å². The van der Waals surface area contributed by atoms with Crippen LogP contribution < -0.4 is 21.4 Å². The van der Waals surface area contributed by atoms with E-state index in [2.05, 4.69) is 20.7 Å². The van der Waals surface area contributed by atoms with Gasteiger partial charge in [-0.25, -0.2) is 15.3 Å². The normalized spacial score (nSPS) is 10.8. The number of phenols is 1. The molecule has 1 aromatic carbocycles. The van der Waals surface area contributed by atoms with Crippen molar-refractivity contribution in [2.75, 3.05) is 12.4 Å². The number of amides is 1. The monoisotopic (exact) mass is 365 g/mol. The predicted octanol–water partition coefficient (Wildman–Crippen LogP) is -0.195. The van der Waals surface area contributed by atoms with Crippen LogP contribution >= 0.6 is 11.8 Å². The standard InChI is InChI=1S/C14H15N5O5S/c1-2-24-10-5-8(3-4-9(10)20)6-15-17-11(21)7-25-13-12(22)16-14(23)19-18-13/h3-6,20H,2,7H2,1H3,(H,17,21)(H2,16,19,22,23)/b15-6+. The highest BCUT2D eigenvalue weighted by molar-refractivity contribution is 7.99. The van der Waals surface area contributed by atoms with E-state index in [0.29, 0.717) is 17.9 Å². The summed E-state index contributed by atoms with van der Waals surface area (Å²) in [6.07, 6.45) is 1.38. The molecule has 0 aliphatic carbocycles. The van der Waals surface area contributed by atoms with Crippen molar-refractivity contribution in [3.05, 3.63) is 44.6 Å². The van der Waals surface area contributed by atoms with E-state index in [0.717, 1.165) is 11.8 Å². The summed E-state index contributed by atoms with van der Waals surface area (Å²) in [5.41, 5.74) is 1.52. The zero-order chi connectivity index (χ0) is 18.2. The van der Waals surface area contributed by atoms with Crippen LogP contribution in [0, 0.1) is 0 Å². The summed E-state index contributed by atoms with van der Waals surface area (Å²) in [6, 6.07) is 4.64. The molecular weight excluding hydrogens is 350 g/mol. The van der Waals surface area contributed by atoms with Crippen molar-refractivity contribution in [2.45, 2.75) is 11.9 Å². The molecule has 0 bridgehead atoms. The lowest BCUT2D eigenvalue weighted by Crippen LogP contribution is -2.26. The van der Waals surface area contributed by atoms with Gasteiger partial charge in [0, 0.05) is 0 Å². The number of hydrogen-bond donors (Lipinski definition) is 4. The van der Waals surface area contributed by atoms with Gasteiger partial charge in [0.1, 0.15) is 0 Å². The predicted molar refractivity (Wildman–Crippen MR) is 91.2 cm³/mol. The first-order valence-electron chi connectivity index (χ1n) is 7.09. The van der Waals surface area contributed by atoms with E-state index >= 15 is 0 Å². The van der Waals surface area contributed by atoms with Crippen LogP contribution in [-0.4, -0.2) is 44.8 Å². The van der Waals surface area contributed by atoms with Crippen LogP contribution in [0.2, 0.25) is 0 Å². The topological polar surface area (TPSA) is 150 Å². The van der Waals surface area contributed by atoms with Crippen LogP contribution in [0.5, 0.6) is 11.5 Å². The van der Waals surface area contributed by atoms with Crippen molar-refractivity contribution in [3.8, 4) is 11.5 Å². The van der Waals surface area contributed by atoms with Gasteiger partial charge in [0.15, 0.2) is 16.5 Å². The van der Waals surface area contributed by atoms with E-state index < -0.39 is 17.2 Å². The summed E-state index contributed by atoms with van der Waals surface area (Å²) < 4.78 is 5.24. The van der Waals surface area contributed by atoms with Gasteiger partial charge in [0.2, 0.25) is 5.91 Å². The molecule has 0 fully saturated rings. The Hall–Kier alpha value is -3.08. The van der Waals surface area contributed by atoms with Crippen LogP contribution in [0.15, 0.2) is 37.9 Å². The number of phenolic OH excluding ortho intramolecular Hbond substituents is 1. The molecule has 2 rings (SSSR count). The lowest BCUT2D eigenvalue weighted by molar-refractivity contribution is -0.118. The molecule has 132 valence electrons. The Morgan fingerprint density at radius 2 is 2.28 bits per heavy atom. The molecule has 0 spiro atoms. The van der Waals surface area contributed by atoms with E-state index in [1.54, 1.807) is 19.1 Å². The number of benzene rings is 1. The van der Waals surface area contributed by atoms with Crippen molar-refractivity contribution in [1.82, 2.24) is 20.6 Å². The van der Waals surface area contributed by atoms with Gasteiger partial charge in [0.05, 0.1) is 18.6 Å². The SMILES string of the molecule is CCOc1cc(/C=N/NC(=O)CSc2n[nH]c(=O)[nH]c2=O)ccc1O. The summed E-state index contributed by atoms with van der Waals surface area (Å²) in [6.45, 7) is 2.19. The Kier molecular flexibility index (Phi) is 6.34. The van der Waals surface area contributed by atoms with E-state index in [1.165, 1.54) is 12.3 Å². The molecule has 0 unspecified atom stereocenters. The second kappa shape index (κ2) is 8.68. The van der Waals surface area contributed by atoms with Crippen molar-refractivity contribution in [1.29, 1.82) is 0 Å². The molecule has 0 radical (unpaired) electrons. The third-order valence-electron chi connectivity index (χ3n) is 2.71. The molecule has 4 N–H and O–H groups in total. The Morgan fingerprint density at radius 3 is 3.00 bits per heavy atom. The minimum atomic E-state index is -0.719. The van der Waals surface area contributed by atoms with E-state index in [-0.39, 0.29) is 16.5 Å². The zero-order valence-corrected chi connectivity index (χ0v) is 13.9. The molecule has 0 saturated carbocycles. The van der Waals surface area contributed by atoms with Gasteiger partial charge in [0.25, 0.3) is 5.56 Å². The number of H-pyrrole nitrogens is 2. The molecule has 1 amide bonds. The Bertz CT molecular complexity index is 892. The summed E-state index contributed by atoms with van der Waals surface area (Å²) in [4.78, 5) is 35.9. The van der Waals surface area contributed by atoms with Gasteiger partial charge >= 0.3 is 5.69 Å². The van der Waals surface area contributed by atoms with Crippen molar-refractivity contribution < 1.29 is 14.6 Å². The van der Waals surface area contributed by atoms with Crippen molar-refractivity contribution >= 4 is 23.9 Å². The summed E-state index contributed by atoms with van der Waals surface area (Å²) in [7, 11) is 0. The number of carbonyl (C=O) groups excluding carboxylic acids is 1. The maximum Gasteiger partial charge on any atom is 0.342 e. The van der Waals surface area contributed by atoms with Crippen LogP contribution in [0.3, 0.4) is 0 Å². The lowest BCUT2D eigenvalue weighted by Gasteiger charge is -2.06. The number of thioether (sulfide) groups is 1. The van der Waals surface area contributed by atoms with Gasteiger partial charge in [-0.15, -0.1) is 0 Å². The molecule has 0 saturated heterocycles. The molecule has 0 aliphatic heterocycles. The van der Waals surface area contributed by atoms with Crippen molar-refractivity contribution in [3.63, 3.8) is 0 Å². The number of aromatic amines is 2. The number of nitrogens with one attached hydrogen (secondary N) is 3. The highest BCUT2D eigenvalue weighted by Crippen LogP contribution is 2.26. The largest absolute Gasteiger partial charge is 0.504 e. The Morgan fingerprint density at radius 1 is 1.48 bits per heavy atom. The smallest absolute Gasteiger partial charge is 0.342 e. The summed E-state index contributed by atoms with van der Waals surface area (Å²) >= 11 is 0.857. The third kappa shape index (κ3) is 5.49.